The number of carbonyl (C=O) groups excluding carboxylic acids is 1. The van der Waals surface area contributed by atoms with Crippen molar-refractivity contribution in [2.75, 3.05) is 26.2 Å². The SMILES string of the molecule is NCC1CCN(C(=O)CNS(=O)(=O)c2ccc(Br)s2)C1. The van der Waals surface area contributed by atoms with E-state index in [0.29, 0.717) is 25.6 Å². The smallest absolute Gasteiger partial charge is 0.250 e. The van der Waals surface area contributed by atoms with Crippen LogP contribution in [0, 0.1) is 5.92 Å². The Morgan fingerprint density at radius 3 is 2.85 bits per heavy atom. The molecule has 112 valence electrons. The molecule has 1 unspecified atom stereocenters. The summed E-state index contributed by atoms with van der Waals surface area (Å²) in [5.74, 6) is 0.115. The average Bonchev–Trinajstić information content (AvgIpc) is 3.04. The second-order valence-corrected chi connectivity index (χ2v) is 9.07. The summed E-state index contributed by atoms with van der Waals surface area (Å²) >= 11 is 4.32. The van der Waals surface area contributed by atoms with E-state index in [2.05, 4.69) is 20.7 Å². The lowest BCUT2D eigenvalue weighted by Gasteiger charge is -2.16. The summed E-state index contributed by atoms with van der Waals surface area (Å²) in [6.07, 6.45) is 0.882. The molecule has 20 heavy (non-hydrogen) atoms. The van der Waals surface area contributed by atoms with Gasteiger partial charge in [-0.05, 0) is 46.9 Å². The number of nitrogens with zero attached hydrogens (tertiary/aromatic N) is 1. The highest BCUT2D eigenvalue weighted by molar-refractivity contribution is 9.11. The molecule has 2 heterocycles. The van der Waals surface area contributed by atoms with Crippen LogP contribution in [0.2, 0.25) is 0 Å². The molecular weight excluding hydrogens is 366 g/mol. The number of thiophene rings is 1. The maximum absolute atomic E-state index is 12.0. The van der Waals surface area contributed by atoms with Crippen LogP contribution in [-0.2, 0) is 14.8 Å². The Hall–Kier alpha value is -0.480. The molecule has 2 rings (SSSR count). The molecule has 0 saturated carbocycles. The van der Waals surface area contributed by atoms with Crippen molar-refractivity contribution >= 4 is 43.2 Å². The molecule has 0 aromatic carbocycles. The average molecular weight is 382 g/mol. The Morgan fingerprint density at radius 1 is 1.55 bits per heavy atom. The number of rotatable bonds is 5. The fourth-order valence-corrected chi connectivity index (χ4v) is 5.06. The highest BCUT2D eigenvalue weighted by Crippen LogP contribution is 2.25. The number of hydrogen-bond donors (Lipinski definition) is 2. The van der Waals surface area contributed by atoms with Crippen molar-refractivity contribution in [2.45, 2.75) is 10.6 Å². The van der Waals surface area contributed by atoms with Crippen molar-refractivity contribution < 1.29 is 13.2 Å². The van der Waals surface area contributed by atoms with E-state index in [9.17, 15) is 13.2 Å². The summed E-state index contributed by atoms with van der Waals surface area (Å²) in [4.78, 5) is 13.6. The van der Waals surface area contributed by atoms with E-state index in [-0.39, 0.29) is 16.7 Å². The second kappa shape index (κ2) is 6.52. The highest BCUT2D eigenvalue weighted by atomic mass is 79.9. The van der Waals surface area contributed by atoms with Gasteiger partial charge in [0.1, 0.15) is 4.21 Å². The van der Waals surface area contributed by atoms with Crippen LogP contribution in [0.25, 0.3) is 0 Å². The number of nitrogens with one attached hydrogen (secondary N) is 1. The molecule has 6 nitrogen and oxygen atoms in total. The number of likely N-dealkylation sites (tertiary alicyclic amines) is 1. The van der Waals surface area contributed by atoms with Crippen LogP contribution < -0.4 is 10.5 Å². The summed E-state index contributed by atoms with van der Waals surface area (Å²) in [7, 11) is -3.62. The first-order chi connectivity index (χ1) is 9.42. The lowest BCUT2D eigenvalue weighted by atomic mass is 10.1. The van der Waals surface area contributed by atoms with Crippen LogP contribution in [-0.4, -0.2) is 45.4 Å². The first-order valence-electron chi connectivity index (χ1n) is 6.15. The predicted octanol–water partition coefficient (Wildman–Crippen LogP) is 0.596. The van der Waals surface area contributed by atoms with Gasteiger partial charge in [0.05, 0.1) is 10.3 Å². The van der Waals surface area contributed by atoms with Gasteiger partial charge >= 0.3 is 0 Å². The van der Waals surface area contributed by atoms with Gasteiger partial charge < -0.3 is 10.6 Å². The maximum Gasteiger partial charge on any atom is 0.250 e. The summed E-state index contributed by atoms with van der Waals surface area (Å²) in [5.41, 5.74) is 5.57. The van der Waals surface area contributed by atoms with E-state index in [0.717, 1.165) is 21.5 Å². The van der Waals surface area contributed by atoms with E-state index in [4.69, 9.17) is 5.73 Å². The van der Waals surface area contributed by atoms with E-state index >= 15 is 0 Å². The quantitative estimate of drug-likeness (QED) is 0.780. The van der Waals surface area contributed by atoms with Crippen LogP contribution in [0.3, 0.4) is 0 Å². The van der Waals surface area contributed by atoms with Crippen molar-refractivity contribution in [1.29, 1.82) is 0 Å². The van der Waals surface area contributed by atoms with Gasteiger partial charge in [0.25, 0.3) is 10.0 Å². The Morgan fingerprint density at radius 2 is 2.30 bits per heavy atom. The van der Waals surface area contributed by atoms with E-state index in [1.54, 1.807) is 11.0 Å². The summed E-state index contributed by atoms with van der Waals surface area (Å²) in [6.45, 7) is 1.60. The molecule has 0 bridgehead atoms. The molecule has 0 radical (unpaired) electrons. The Kier molecular flexibility index (Phi) is 5.19. The summed E-state index contributed by atoms with van der Waals surface area (Å²) in [5, 5.41) is 0. The van der Waals surface area contributed by atoms with Gasteiger partial charge in [-0.2, -0.15) is 0 Å². The molecule has 1 aromatic rings. The van der Waals surface area contributed by atoms with Gasteiger partial charge in [0.2, 0.25) is 5.91 Å². The summed E-state index contributed by atoms with van der Waals surface area (Å²) < 4.78 is 27.2. The lowest BCUT2D eigenvalue weighted by molar-refractivity contribution is -0.129. The minimum Gasteiger partial charge on any atom is -0.341 e. The highest BCUT2D eigenvalue weighted by Gasteiger charge is 2.26. The van der Waals surface area contributed by atoms with E-state index in [1.165, 1.54) is 6.07 Å². The van der Waals surface area contributed by atoms with Gasteiger partial charge in [-0.3, -0.25) is 4.79 Å². The van der Waals surface area contributed by atoms with Gasteiger partial charge in [0, 0.05) is 13.1 Å². The van der Waals surface area contributed by atoms with Crippen molar-refractivity contribution in [3.05, 3.63) is 15.9 Å². The fraction of sp³-hybridized carbons (Fsp3) is 0.545. The second-order valence-electron chi connectivity index (χ2n) is 4.61. The van der Waals surface area contributed by atoms with E-state index in [1.807, 2.05) is 0 Å². The first kappa shape index (κ1) is 15.9. The standard InChI is InChI=1S/C11H16BrN3O3S2/c12-9-1-2-11(19-9)20(17,18)14-6-10(16)15-4-3-8(5-13)7-15/h1-2,8,14H,3-7,13H2. The Balaban J connectivity index is 1.90. The number of sulfonamides is 1. The van der Waals surface area contributed by atoms with Crippen molar-refractivity contribution in [3.8, 4) is 0 Å². The first-order valence-corrected chi connectivity index (χ1v) is 9.24. The zero-order valence-electron chi connectivity index (χ0n) is 10.7. The third kappa shape index (κ3) is 3.79. The van der Waals surface area contributed by atoms with Gasteiger partial charge in [-0.15, -0.1) is 11.3 Å². The van der Waals surface area contributed by atoms with E-state index < -0.39 is 10.0 Å². The number of carbonyl (C=O) groups is 1. The molecule has 1 amide bonds. The number of halogens is 1. The van der Waals surface area contributed by atoms with Crippen LogP contribution in [0.4, 0.5) is 0 Å². The molecule has 0 aliphatic carbocycles. The fourth-order valence-electron chi connectivity index (χ4n) is 2.03. The van der Waals surface area contributed by atoms with Crippen molar-refractivity contribution in [2.24, 2.45) is 11.7 Å². The third-order valence-electron chi connectivity index (χ3n) is 3.20. The third-order valence-corrected chi connectivity index (χ3v) is 6.72. The molecule has 1 saturated heterocycles. The Labute approximate surface area is 130 Å². The van der Waals surface area contributed by atoms with Crippen LogP contribution in [0.5, 0.6) is 0 Å². The molecule has 1 atom stereocenters. The lowest BCUT2D eigenvalue weighted by Crippen LogP contribution is -2.39. The molecule has 9 heteroatoms. The molecule has 1 aliphatic heterocycles. The number of hydrogen-bond acceptors (Lipinski definition) is 5. The molecule has 1 aromatic heterocycles. The van der Waals surface area contributed by atoms with Gasteiger partial charge in [-0.1, -0.05) is 0 Å². The topological polar surface area (TPSA) is 92.5 Å². The maximum atomic E-state index is 12.0. The number of nitrogens with two attached hydrogens (primary N) is 1. The zero-order valence-corrected chi connectivity index (χ0v) is 13.9. The van der Waals surface area contributed by atoms with Gasteiger partial charge in [-0.25, -0.2) is 13.1 Å². The molecule has 1 aliphatic rings. The largest absolute Gasteiger partial charge is 0.341 e. The predicted molar refractivity (Wildman–Crippen MR) is 80.9 cm³/mol. The van der Waals surface area contributed by atoms with Crippen LogP contribution in [0.15, 0.2) is 20.1 Å². The minimum absolute atomic E-state index is 0.193. The monoisotopic (exact) mass is 381 g/mol. The number of amides is 1. The molecule has 3 N–H and O–H groups in total. The van der Waals surface area contributed by atoms with Gasteiger partial charge in [0.15, 0.2) is 0 Å². The Bertz CT molecular complexity index is 587. The van der Waals surface area contributed by atoms with Crippen molar-refractivity contribution in [1.82, 2.24) is 9.62 Å². The van der Waals surface area contributed by atoms with Crippen LogP contribution in [0.1, 0.15) is 6.42 Å². The normalized spacial score (nSPS) is 19.5. The molecular formula is C11H16BrN3O3S2. The minimum atomic E-state index is -3.62. The zero-order chi connectivity index (χ0) is 14.8. The summed E-state index contributed by atoms with van der Waals surface area (Å²) in [6, 6.07) is 3.16. The van der Waals surface area contributed by atoms with Crippen LogP contribution >= 0.6 is 27.3 Å². The molecule has 0 spiro atoms. The van der Waals surface area contributed by atoms with Crippen molar-refractivity contribution in [3.63, 3.8) is 0 Å². The molecule has 1 fully saturated rings.